The molecule has 0 bridgehead atoms. The summed E-state index contributed by atoms with van der Waals surface area (Å²) in [6, 6.07) is 5.74. The van der Waals surface area contributed by atoms with Gasteiger partial charge in [-0.25, -0.2) is 4.39 Å². The Bertz CT molecular complexity index is 931. The van der Waals surface area contributed by atoms with Crippen LogP contribution in [0.2, 0.25) is 0 Å². The molecule has 4 nitrogen and oxygen atoms in total. The van der Waals surface area contributed by atoms with Crippen molar-refractivity contribution < 1.29 is 14.0 Å². The van der Waals surface area contributed by atoms with Crippen molar-refractivity contribution in [3.05, 3.63) is 58.2 Å². The number of carbonyl (C=O) groups is 2. The molecule has 3 aliphatic rings. The first-order valence-corrected chi connectivity index (χ1v) is 10.4. The molecule has 1 N–H and O–H groups in total. The van der Waals surface area contributed by atoms with E-state index in [1.54, 1.807) is 12.1 Å². The average molecular weight is 380 g/mol. The first-order valence-electron chi connectivity index (χ1n) is 10.4. The number of aromatic amines is 1. The highest BCUT2D eigenvalue weighted by Crippen LogP contribution is 2.40. The number of hydrogen-bond acceptors (Lipinski definition) is 3. The van der Waals surface area contributed by atoms with E-state index in [1.807, 2.05) is 0 Å². The number of aromatic nitrogens is 1. The van der Waals surface area contributed by atoms with Crippen LogP contribution in [-0.2, 0) is 19.3 Å². The molecular weight excluding hydrogens is 355 g/mol. The Morgan fingerprint density at radius 3 is 2.82 bits per heavy atom. The Morgan fingerprint density at radius 1 is 1.18 bits per heavy atom. The highest BCUT2D eigenvalue weighted by atomic mass is 19.1. The molecular formula is C23H25FN2O2. The van der Waals surface area contributed by atoms with Crippen molar-refractivity contribution in [1.82, 2.24) is 9.88 Å². The molecule has 0 radical (unpaired) electrons. The lowest BCUT2D eigenvalue weighted by molar-refractivity contribution is 0.0651. The van der Waals surface area contributed by atoms with Gasteiger partial charge in [-0.15, -0.1) is 0 Å². The summed E-state index contributed by atoms with van der Waals surface area (Å²) in [5, 5.41) is 0. The van der Waals surface area contributed by atoms with Crippen LogP contribution in [0.1, 0.15) is 56.9 Å². The van der Waals surface area contributed by atoms with Gasteiger partial charge >= 0.3 is 0 Å². The third kappa shape index (κ3) is 3.02. The zero-order valence-corrected chi connectivity index (χ0v) is 16.0. The van der Waals surface area contributed by atoms with Crippen molar-refractivity contribution in [3.8, 4) is 0 Å². The van der Waals surface area contributed by atoms with E-state index in [-0.39, 0.29) is 17.5 Å². The van der Waals surface area contributed by atoms with Crippen molar-refractivity contribution >= 4 is 11.6 Å². The number of H-pyrrole nitrogens is 1. The number of nitrogens with zero attached hydrogens (tertiary/aromatic N) is 1. The van der Waals surface area contributed by atoms with Gasteiger partial charge in [0.25, 0.3) is 0 Å². The molecule has 2 aromatic rings. The summed E-state index contributed by atoms with van der Waals surface area (Å²) < 4.78 is 13.0. The summed E-state index contributed by atoms with van der Waals surface area (Å²) in [6.45, 7) is 2.34. The van der Waals surface area contributed by atoms with Gasteiger partial charge in [0.15, 0.2) is 11.6 Å². The second-order valence-electron chi connectivity index (χ2n) is 8.49. The molecule has 0 spiro atoms. The second kappa shape index (κ2) is 6.96. The van der Waals surface area contributed by atoms with Gasteiger partial charge in [-0.05, 0) is 74.4 Å². The van der Waals surface area contributed by atoms with Crippen molar-refractivity contribution in [3.63, 3.8) is 0 Å². The molecule has 28 heavy (non-hydrogen) atoms. The second-order valence-corrected chi connectivity index (χ2v) is 8.49. The number of carbonyl (C=O) groups excluding carboxylic acids is 2. The smallest absolute Gasteiger partial charge is 0.169 e. The predicted molar refractivity (Wildman–Crippen MR) is 104 cm³/mol. The molecule has 0 saturated carbocycles. The maximum atomic E-state index is 13.3. The summed E-state index contributed by atoms with van der Waals surface area (Å²) in [6.07, 6.45) is 5.64. The molecule has 1 aromatic heterocycles. The maximum absolute atomic E-state index is 13.3. The molecule has 2 heterocycles. The van der Waals surface area contributed by atoms with E-state index in [2.05, 4.69) is 9.88 Å². The third-order valence-electron chi connectivity index (χ3n) is 6.83. The number of benzene rings is 1. The van der Waals surface area contributed by atoms with Crippen LogP contribution >= 0.6 is 0 Å². The summed E-state index contributed by atoms with van der Waals surface area (Å²) in [4.78, 5) is 31.4. The van der Waals surface area contributed by atoms with Crippen LogP contribution in [0.3, 0.4) is 0 Å². The standard InChI is InChI=1S/C23H25FN2O2/c24-16-6-4-14(5-7-16)21(27)9-11-26-10-8-15-12-20-22(23(28)18(15)13-26)17-2-1-3-19(17)25-20/h4-7,15,18,25H,1-3,8-13H2/t15-,18+/m0/s1. The summed E-state index contributed by atoms with van der Waals surface area (Å²) >= 11 is 0. The minimum absolute atomic E-state index is 0.0304. The van der Waals surface area contributed by atoms with Crippen LogP contribution in [0.25, 0.3) is 0 Å². The average Bonchev–Trinajstić information content (AvgIpc) is 3.28. The molecule has 0 unspecified atom stereocenters. The van der Waals surface area contributed by atoms with Gasteiger partial charge in [0, 0.05) is 47.9 Å². The van der Waals surface area contributed by atoms with Gasteiger partial charge in [-0.1, -0.05) is 0 Å². The Morgan fingerprint density at radius 2 is 2.00 bits per heavy atom. The van der Waals surface area contributed by atoms with E-state index in [0.717, 1.165) is 50.8 Å². The Hall–Kier alpha value is -2.27. The summed E-state index contributed by atoms with van der Waals surface area (Å²) in [7, 11) is 0. The predicted octanol–water partition coefficient (Wildman–Crippen LogP) is 3.59. The first-order chi connectivity index (χ1) is 13.6. The van der Waals surface area contributed by atoms with E-state index < -0.39 is 0 Å². The quantitative estimate of drug-likeness (QED) is 0.825. The number of halogens is 1. The van der Waals surface area contributed by atoms with Crippen molar-refractivity contribution in [2.24, 2.45) is 11.8 Å². The third-order valence-corrected chi connectivity index (χ3v) is 6.83. The number of Topliss-reactive ketones (excluding diaryl/α,β-unsaturated/α-hetero) is 2. The molecule has 1 fully saturated rings. The largest absolute Gasteiger partial charge is 0.361 e. The van der Waals surface area contributed by atoms with Crippen LogP contribution in [0.4, 0.5) is 4.39 Å². The van der Waals surface area contributed by atoms with E-state index in [1.165, 1.54) is 29.1 Å². The molecule has 146 valence electrons. The normalized spacial score (nSPS) is 24.0. The minimum atomic E-state index is -0.329. The lowest BCUT2D eigenvalue weighted by atomic mass is 9.72. The molecule has 0 amide bonds. The molecule has 2 aliphatic carbocycles. The van der Waals surface area contributed by atoms with Crippen LogP contribution in [0.5, 0.6) is 0 Å². The molecule has 1 aromatic carbocycles. The SMILES string of the molecule is O=C(CCN1CC[C@H]2Cc3[nH]c4c(c3C(=O)[C@@H]2C1)CCC4)c1ccc(F)cc1. The van der Waals surface area contributed by atoms with E-state index >= 15 is 0 Å². The van der Waals surface area contributed by atoms with Gasteiger partial charge in [0.1, 0.15) is 5.82 Å². The molecule has 1 aliphatic heterocycles. The number of likely N-dealkylation sites (tertiary alicyclic amines) is 1. The van der Waals surface area contributed by atoms with Crippen molar-refractivity contribution in [1.29, 1.82) is 0 Å². The molecule has 2 atom stereocenters. The fourth-order valence-electron chi connectivity index (χ4n) is 5.33. The summed E-state index contributed by atoms with van der Waals surface area (Å²) in [5.74, 6) is 0.499. The van der Waals surface area contributed by atoms with Crippen molar-refractivity contribution in [2.45, 2.75) is 38.5 Å². The number of aryl methyl sites for hydroxylation is 1. The van der Waals surface area contributed by atoms with Crippen molar-refractivity contribution in [2.75, 3.05) is 19.6 Å². The number of fused-ring (bicyclic) bond motifs is 4. The van der Waals surface area contributed by atoms with Gasteiger partial charge in [-0.2, -0.15) is 0 Å². The van der Waals surface area contributed by atoms with Gasteiger partial charge in [0.05, 0.1) is 0 Å². The minimum Gasteiger partial charge on any atom is -0.361 e. The first kappa shape index (κ1) is 17.8. The van der Waals surface area contributed by atoms with E-state index in [0.29, 0.717) is 30.2 Å². The topological polar surface area (TPSA) is 53.2 Å². The van der Waals surface area contributed by atoms with Crippen LogP contribution in [0.15, 0.2) is 24.3 Å². The highest BCUT2D eigenvalue weighted by Gasteiger charge is 2.42. The number of rotatable bonds is 4. The Labute approximate surface area is 164 Å². The van der Waals surface area contributed by atoms with Gasteiger partial charge in [-0.3, -0.25) is 9.59 Å². The lowest BCUT2D eigenvalue weighted by Crippen LogP contribution is -2.47. The fraction of sp³-hybridized carbons (Fsp3) is 0.478. The maximum Gasteiger partial charge on any atom is 0.169 e. The van der Waals surface area contributed by atoms with Crippen LogP contribution < -0.4 is 0 Å². The number of piperidine rings is 1. The monoisotopic (exact) mass is 380 g/mol. The zero-order valence-electron chi connectivity index (χ0n) is 16.0. The summed E-state index contributed by atoms with van der Waals surface area (Å²) in [5.41, 5.74) is 5.30. The van der Waals surface area contributed by atoms with Crippen LogP contribution in [-0.4, -0.2) is 41.1 Å². The zero-order chi connectivity index (χ0) is 19.3. The van der Waals surface area contributed by atoms with E-state index in [4.69, 9.17) is 0 Å². The molecule has 1 saturated heterocycles. The number of ketones is 2. The van der Waals surface area contributed by atoms with Gasteiger partial charge < -0.3 is 9.88 Å². The number of hydrogen-bond donors (Lipinski definition) is 1. The number of nitrogens with one attached hydrogen (secondary N) is 1. The molecule has 5 rings (SSSR count). The highest BCUT2D eigenvalue weighted by molar-refractivity contribution is 6.02. The molecule has 5 heteroatoms. The fourth-order valence-corrected chi connectivity index (χ4v) is 5.33. The van der Waals surface area contributed by atoms with Gasteiger partial charge in [0.2, 0.25) is 0 Å². The lowest BCUT2D eigenvalue weighted by Gasteiger charge is -2.40. The van der Waals surface area contributed by atoms with Crippen LogP contribution in [0, 0.1) is 17.7 Å². The Balaban J connectivity index is 1.25. The Kier molecular flexibility index (Phi) is 4.43. The van der Waals surface area contributed by atoms with E-state index in [9.17, 15) is 14.0 Å².